The molecule has 3 aliphatic heterocycles. The third-order valence-electron chi connectivity index (χ3n) is 8.77. The average molecular weight is 816 g/mol. The molecule has 0 unspecified atom stereocenters. The maximum Gasteiger partial charge on any atom is 0.366 e. The van der Waals surface area contributed by atoms with Gasteiger partial charge in [0.2, 0.25) is 5.91 Å². The van der Waals surface area contributed by atoms with Crippen LogP contribution in [0.2, 0.25) is 0 Å². The number of amides is 1. The van der Waals surface area contributed by atoms with Crippen molar-refractivity contribution in [3.63, 3.8) is 0 Å². The van der Waals surface area contributed by atoms with Crippen molar-refractivity contribution in [3.8, 4) is 0 Å². The normalized spacial score (nSPS) is 36.9. The minimum atomic E-state index is -2.95. The number of nitrogens with one attached hydrogen (secondary N) is 1. The zero-order valence-corrected chi connectivity index (χ0v) is 31.2. The van der Waals surface area contributed by atoms with Crippen molar-refractivity contribution in [2.75, 3.05) is 26.9 Å². The summed E-state index contributed by atoms with van der Waals surface area (Å²) in [6.45, 7) is 2.19. The second kappa shape index (κ2) is 20.2. The van der Waals surface area contributed by atoms with Gasteiger partial charge in [-0.05, 0) is 0 Å². The van der Waals surface area contributed by atoms with E-state index in [1.54, 1.807) is 0 Å². The van der Waals surface area contributed by atoms with Crippen LogP contribution in [-0.4, -0.2) is 196 Å². The van der Waals surface area contributed by atoms with E-state index in [1.807, 2.05) is 0 Å². The second-order valence-corrected chi connectivity index (χ2v) is 13.0. The van der Waals surface area contributed by atoms with Crippen LogP contribution < -0.4 is 5.32 Å². The van der Waals surface area contributed by atoms with Crippen molar-refractivity contribution in [2.45, 2.75) is 139 Å². The number of carbonyl (C=O) groups is 6. The van der Waals surface area contributed by atoms with Crippen LogP contribution in [0.4, 0.5) is 0 Å². The maximum absolute atomic E-state index is 13.9. The second-order valence-electron chi connectivity index (χ2n) is 13.0. The predicted octanol–water partition coefficient (Wildman–Crippen LogP) is -5.85. The first-order chi connectivity index (χ1) is 26.2. The molecule has 3 saturated heterocycles. The average Bonchev–Trinajstić information content (AvgIpc) is 3.11. The Hall–Kier alpha value is -3.66. The molecule has 0 spiro atoms. The van der Waals surface area contributed by atoms with Crippen LogP contribution in [0.25, 0.3) is 0 Å². The van der Waals surface area contributed by atoms with Crippen LogP contribution in [0.5, 0.6) is 0 Å². The van der Waals surface area contributed by atoms with Gasteiger partial charge in [0.15, 0.2) is 24.8 Å². The Labute approximate surface area is 318 Å². The van der Waals surface area contributed by atoms with Gasteiger partial charge in [-0.15, -0.1) is 0 Å². The zero-order valence-electron chi connectivity index (χ0n) is 31.2. The molecule has 0 aromatic rings. The molecule has 3 aliphatic rings. The number of hydrogen-bond acceptors (Lipinski definition) is 23. The van der Waals surface area contributed by atoms with Crippen molar-refractivity contribution in [1.29, 1.82) is 0 Å². The number of methoxy groups -OCH3 is 1. The summed E-state index contributed by atoms with van der Waals surface area (Å²) in [6, 6.07) is -1.59. The lowest BCUT2D eigenvalue weighted by Crippen LogP contribution is -2.71. The summed E-state index contributed by atoms with van der Waals surface area (Å²) in [5.41, 5.74) is 0. The van der Waals surface area contributed by atoms with Crippen LogP contribution in [0.15, 0.2) is 0 Å². The van der Waals surface area contributed by atoms with Gasteiger partial charge in [0.1, 0.15) is 67.6 Å². The summed E-state index contributed by atoms with van der Waals surface area (Å²) >= 11 is 0. The maximum atomic E-state index is 13.9. The summed E-state index contributed by atoms with van der Waals surface area (Å²) in [5, 5.41) is 76.0. The molecule has 1 amide bonds. The molecule has 320 valence electrons. The van der Waals surface area contributed by atoms with E-state index in [4.69, 9.17) is 47.4 Å². The number of esters is 5. The van der Waals surface area contributed by atoms with Crippen molar-refractivity contribution in [1.82, 2.24) is 5.32 Å². The Morgan fingerprint density at radius 3 is 1.91 bits per heavy atom. The molecule has 56 heavy (non-hydrogen) atoms. The van der Waals surface area contributed by atoms with Crippen LogP contribution >= 0.6 is 0 Å². The molecule has 0 saturated carbocycles. The van der Waals surface area contributed by atoms with E-state index in [9.17, 15) is 64.5 Å². The van der Waals surface area contributed by atoms with Gasteiger partial charge in [-0.3, -0.25) is 24.0 Å². The molecular formula is C32H49NO23. The van der Waals surface area contributed by atoms with Crippen molar-refractivity contribution in [2.24, 2.45) is 0 Å². The molecule has 0 radical (unpaired) electrons. The lowest BCUT2D eigenvalue weighted by atomic mass is 9.87. The van der Waals surface area contributed by atoms with Gasteiger partial charge in [-0.2, -0.15) is 0 Å². The molecule has 3 rings (SSSR count). The minimum absolute atomic E-state index is 0.786. The molecule has 24 heteroatoms. The Bertz CT molecular complexity index is 1400. The molecular weight excluding hydrogens is 766 g/mol. The Morgan fingerprint density at radius 2 is 1.39 bits per heavy atom. The van der Waals surface area contributed by atoms with Crippen LogP contribution in [0.3, 0.4) is 0 Å². The predicted molar refractivity (Wildman–Crippen MR) is 173 cm³/mol. The van der Waals surface area contributed by atoms with Crippen LogP contribution in [-0.2, 0) is 76.1 Å². The van der Waals surface area contributed by atoms with Gasteiger partial charge in [-0.25, -0.2) is 4.79 Å². The molecule has 16 atom stereocenters. The molecule has 0 bridgehead atoms. The molecule has 3 heterocycles. The van der Waals surface area contributed by atoms with Gasteiger partial charge in [0, 0.05) is 34.6 Å². The molecule has 0 aromatic carbocycles. The first kappa shape index (κ1) is 46.7. The van der Waals surface area contributed by atoms with E-state index < -0.39 is 160 Å². The fourth-order valence-corrected chi connectivity index (χ4v) is 6.43. The first-order valence-corrected chi connectivity index (χ1v) is 17.1. The first-order valence-electron chi connectivity index (χ1n) is 17.1. The number of carbonyl (C=O) groups excluding carboxylic acids is 6. The minimum Gasteiger partial charge on any atom is -0.465 e. The van der Waals surface area contributed by atoms with Crippen LogP contribution in [0.1, 0.15) is 41.0 Å². The Morgan fingerprint density at radius 1 is 0.768 bits per heavy atom. The number of ether oxygens (including phenoxy) is 10. The number of aliphatic hydroxyl groups is 7. The van der Waals surface area contributed by atoms with Crippen LogP contribution in [0, 0.1) is 0 Å². The number of aliphatic hydroxyl groups excluding tert-OH is 7. The Kier molecular flexibility index (Phi) is 16.8. The SMILES string of the molecule is COC(=O)[C@@]1(O[C@H]2[C@@H](O)[C@@H](CO)O[C@@H](O[C@H]3[C@H](O)[C@@H](O)[C@H](O)O[C@@H]3CO)[C@@H]2O)C[C@H](OC(C)=O)[C@@H](NC(C)=O)[C@H]([C@H](OC(C)=O)[C@@H](COC(C)=O)OC(C)=O)O1. The number of hydrogen-bond donors (Lipinski definition) is 8. The summed E-state index contributed by atoms with van der Waals surface area (Å²) in [6.07, 6.45) is -27.7. The fourth-order valence-electron chi connectivity index (χ4n) is 6.43. The fraction of sp³-hybridized carbons (Fsp3) is 0.812. The van der Waals surface area contributed by atoms with E-state index in [1.165, 1.54) is 0 Å². The zero-order chi connectivity index (χ0) is 42.2. The lowest BCUT2D eigenvalue weighted by molar-refractivity contribution is -0.385. The van der Waals surface area contributed by atoms with Gasteiger partial charge >= 0.3 is 29.8 Å². The summed E-state index contributed by atoms with van der Waals surface area (Å²) in [4.78, 5) is 75.4. The van der Waals surface area contributed by atoms with Gasteiger partial charge in [0.05, 0.1) is 32.8 Å². The molecule has 0 aromatic heterocycles. The quantitative estimate of drug-likeness (QED) is 0.0563. The smallest absolute Gasteiger partial charge is 0.366 e. The molecule has 0 aliphatic carbocycles. The highest BCUT2D eigenvalue weighted by Gasteiger charge is 2.62. The lowest BCUT2D eigenvalue weighted by Gasteiger charge is -2.51. The third kappa shape index (κ3) is 11.3. The number of rotatable bonds is 15. The monoisotopic (exact) mass is 815 g/mol. The highest BCUT2D eigenvalue weighted by atomic mass is 16.8. The topological polar surface area (TPSA) is 348 Å². The van der Waals surface area contributed by atoms with Crippen molar-refractivity contribution < 1.29 is 112 Å². The van der Waals surface area contributed by atoms with E-state index >= 15 is 0 Å². The summed E-state index contributed by atoms with van der Waals surface area (Å²) < 4.78 is 54.7. The Balaban J connectivity index is 2.20. The van der Waals surface area contributed by atoms with E-state index in [0.29, 0.717) is 0 Å². The van der Waals surface area contributed by atoms with Gasteiger partial charge < -0.3 is 88.4 Å². The molecule has 24 nitrogen and oxygen atoms in total. The highest BCUT2D eigenvalue weighted by Crippen LogP contribution is 2.40. The highest BCUT2D eigenvalue weighted by molar-refractivity contribution is 5.79. The third-order valence-corrected chi connectivity index (χ3v) is 8.77. The molecule has 3 fully saturated rings. The molecule has 8 N–H and O–H groups in total. The van der Waals surface area contributed by atoms with Crippen molar-refractivity contribution in [3.05, 3.63) is 0 Å². The van der Waals surface area contributed by atoms with Crippen molar-refractivity contribution >= 4 is 35.8 Å². The summed E-state index contributed by atoms with van der Waals surface area (Å²) in [5.74, 6) is -9.12. The van der Waals surface area contributed by atoms with Gasteiger partial charge in [0.25, 0.3) is 5.79 Å². The van der Waals surface area contributed by atoms with E-state index in [2.05, 4.69) is 5.32 Å². The van der Waals surface area contributed by atoms with Gasteiger partial charge in [-0.1, -0.05) is 0 Å². The summed E-state index contributed by atoms with van der Waals surface area (Å²) in [7, 11) is 0.858. The van der Waals surface area contributed by atoms with E-state index in [0.717, 1.165) is 41.7 Å². The standard InChI is InChI=1S/C32H49NO23/c1-11(36)33-20-16(49-13(3)38)7-32(31(46)47-6,55-27(20)26(51-15(5)40)19(50-14(4)39)10-48-12(2)37)56-28-21(41)17(8-34)53-30(24(28)44)54-25-18(9-35)52-29(45)23(43)22(25)42/h16-30,34-35,41-45H,7-10H2,1-6H3,(H,33,36)/t16-,17+,18+,19+,20+,21-,22+,23+,24+,25+,26+,27+,28-,29+,30-,32-/m0/s1. The van der Waals surface area contributed by atoms with E-state index in [-0.39, 0.29) is 0 Å². The largest absolute Gasteiger partial charge is 0.465 e.